The van der Waals surface area contributed by atoms with Gasteiger partial charge in [0.1, 0.15) is 12.4 Å². The zero-order valence-electron chi connectivity index (χ0n) is 19.3. The Morgan fingerprint density at radius 1 is 0.939 bits per heavy atom. The first-order chi connectivity index (χ1) is 15.8. The van der Waals surface area contributed by atoms with E-state index in [0.29, 0.717) is 11.4 Å². The molecule has 1 atom stereocenters. The average molecular weight is 441 g/mol. The highest BCUT2D eigenvalue weighted by molar-refractivity contribution is 5.96. The molecule has 4 aromatic rings. The van der Waals surface area contributed by atoms with Crippen molar-refractivity contribution in [3.63, 3.8) is 0 Å². The minimum Gasteiger partial charge on any atom is -0.342 e. The van der Waals surface area contributed by atoms with E-state index in [-0.39, 0.29) is 18.4 Å². The molecule has 0 spiro atoms. The molecular formula is C27H28N4O2. The minimum absolute atomic E-state index is 0.0910. The first-order valence-electron chi connectivity index (χ1n) is 11.0. The van der Waals surface area contributed by atoms with Crippen LogP contribution in [0.25, 0.3) is 11.0 Å². The number of imidazole rings is 1. The summed E-state index contributed by atoms with van der Waals surface area (Å²) in [6.07, 6.45) is 0. The predicted molar refractivity (Wildman–Crippen MR) is 131 cm³/mol. The van der Waals surface area contributed by atoms with Crippen molar-refractivity contribution < 1.29 is 9.59 Å². The van der Waals surface area contributed by atoms with Crippen LogP contribution in [-0.2, 0) is 11.3 Å². The second-order valence-electron chi connectivity index (χ2n) is 8.42. The number of carbonyl (C=O) groups excluding carboxylic acids is 2. The number of nitrogens with one attached hydrogen (secondary N) is 2. The summed E-state index contributed by atoms with van der Waals surface area (Å²) in [5.41, 5.74) is 6.11. The van der Waals surface area contributed by atoms with Crippen LogP contribution < -0.4 is 10.6 Å². The number of carbonyl (C=O) groups is 2. The lowest BCUT2D eigenvalue weighted by Gasteiger charge is -2.17. The van der Waals surface area contributed by atoms with Crippen molar-refractivity contribution >= 4 is 28.5 Å². The molecule has 1 unspecified atom stereocenters. The lowest BCUT2D eigenvalue weighted by atomic mass is 10.1. The fourth-order valence-electron chi connectivity index (χ4n) is 4.04. The number of rotatable bonds is 6. The number of hydrogen-bond acceptors (Lipinski definition) is 3. The van der Waals surface area contributed by atoms with Crippen LogP contribution in [0.2, 0.25) is 0 Å². The first-order valence-corrected chi connectivity index (χ1v) is 11.0. The maximum absolute atomic E-state index is 13.0. The van der Waals surface area contributed by atoms with Crippen LogP contribution >= 0.6 is 0 Å². The van der Waals surface area contributed by atoms with Gasteiger partial charge in [-0.15, -0.1) is 0 Å². The first kappa shape index (κ1) is 22.3. The number of para-hydroxylation sites is 2. The van der Waals surface area contributed by atoms with Crippen molar-refractivity contribution in [2.24, 2.45) is 0 Å². The second-order valence-corrected chi connectivity index (χ2v) is 8.42. The Labute approximate surface area is 193 Å². The molecule has 0 saturated heterocycles. The average Bonchev–Trinajstić information content (AvgIpc) is 3.14. The molecule has 0 aliphatic carbocycles. The fourth-order valence-corrected chi connectivity index (χ4v) is 4.04. The summed E-state index contributed by atoms with van der Waals surface area (Å²) in [5, 5.41) is 6.04. The molecule has 0 radical (unpaired) electrons. The van der Waals surface area contributed by atoms with Crippen LogP contribution in [-0.4, -0.2) is 21.4 Å². The lowest BCUT2D eigenvalue weighted by Crippen LogP contribution is -2.30. The maximum atomic E-state index is 13.0. The Kier molecular flexibility index (Phi) is 6.27. The van der Waals surface area contributed by atoms with E-state index < -0.39 is 6.04 Å². The van der Waals surface area contributed by atoms with Gasteiger partial charge in [0.05, 0.1) is 17.1 Å². The molecule has 33 heavy (non-hydrogen) atoms. The number of aryl methyl sites for hydroxylation is 3. The molecule has 0 aliphatic heterocycles. The van der Waals surface area contributed by atoms with Crippen LogP contribution in [0.1, 0.15) is 45.8 Å². The Morgan fingerprint density at radius 3 is 2.42 bits per heavy atom. The fraction of sp³-hybridized carbons (Fsp3) is 0.222. The summed E-state index contributed by atoms with van der Waals surface area (Å²) in [5.74, 6) is 0.316. The van der Waals surface area contributed by atoms with E-state index in [0.717, 1.165) is 33.4 Å². The quantitative estimate of drug-likeness (QED) is 0.438. The maximum Gasteiger partial charge on any atom is 0.252 e. The van der Waals surface area contributed by atoms with E-state index >= 15 is 0 Å². The third-order valence-corrected chi connectivity index (χ3v) is 5.77. The molecular weight excluding hydrogens is 412 g/mol. The second kappa shape index (κ2) is 9.28. The smallest absolute Gasteiger partial charge is 0.252 e. The summed E-state index contributed by atoms with van der Waals surface area (Å²) in [6, 6.07) is 20.7. The highest BCUT2D eigenvalue weighted by Gasteiger charge is 2.21. The van der Waals surface area contributed by atoms with E-state index in [1.807, 2.05) is 92.9 Å². The third-order valence-electron chi connectivity index (χ3n) is 5.77. The van der Waals surface area contributed by atoms with Crippen LogP contribution in [0.15, 0.2) is 66.7 Å². The van der Waals surface area contributed by atoms with Gasteiger partial charge in [-0.25, -0.2) is 4.98 Å². The van der Waals surface area contributed by atoms with Crippen LogP contribution in [0.4, 0.5) is 5.69 Å². The van der Waals surface area contributed by atoms with Crippen molar-refractivity contribution in [2.45, 2.75) is 40.3 Å². The van der Waals surface area contributed by atoms with Crippen molar-refractivity contribution in [1.29, 1.82) is 0 Å². The topological polar surface area (TPSA) is 76.0 Å². The Bertz CT molecular complexity index is 1340. The molecule has 3 aromatic carbocycles. The summed E-state index contributed by atoms with van der Waals surface area (Å²) in [6.45, 7) is 7.88. The van der Waals surface area contributed by atoms with Gasteiger partial charge in [0.25, 0.3) is 5.91 Å². The molecule has 0 saturated carbocycles. The molecule has 0 bridgehead atoms. The summed E-state index contributed by atoms with van der Waals surface area (Å²) >= 11 is 0. The van der Waals surface area contributed by atoms with E-state index in [9.17, 15) is 9.59 Å². The molecule has 6 nitrogen and oxygen atoms in total. The van der Waals surface area contributed by atoms with Gasteiger partial charge in [-0.3, -0.25) is 9.59 Å². The van der Waals surface area contributed by atoms with Gasteiger partial charge in [0.15, 0.2) is 0 Å². The minimum atomic E-state index is -0.390. The number of benzene rings is 3. The molecule has 6 heteroatoms. The van der Waals surface area contributed by atoms with Crippen LogP contribution in [0, 0.1) is 20.8 Å². The number of anilines is 1. The number of aromatic nitrogens is 2. The highest BCUT2D eigenvalue weighted by atomic mass is 16.2. The zero-order valence-corrected chi connectivity index (χ0v) is 19.3. The molecule has 1 aromatic heterocycles. The van der Waals surface area contributed by atoms with Gasteiger partial charge in [0, 0.05) is 11.3 Å². The molecule has 2 N–H and O–H groups in total. The summed E-state index contributed by atoms with van der Waals surface area (Å²) in [7, 11) is 0. The van der Waals surface area contributed by atoms with E-state index in [1.165, 1.54) is 0 Å². The van der Waals surface area contributed by atoms with Crippen molar-refractivity contribution in [1.82, 2.24) is 14.9 Å². The van der Waals surface area contributed by atoms with Gasteiger partial charge in [-0.1, -0.05) is 48.0 Å². The Balaban J connectivity index is 1.60. The van der Waals surface area contributed by atoms with Crippen molar-refractivity contribution in [3.8, 4) is 0 Å². The molecule has 4 rings (SSSR count). The standard InChI is InChI=1S/C27H28N4O2/c1-17-13-14-22(19(3)15-17)29-25(32)16-31-24-12-8-7-11-23(24)30-26(31)20(4)28-27(33)21-10-6-5-9-18(21)2/h5-15,20H,16H2,1-4H3,(H,28,33)(H,29,32). The van der Waals surface area contributed by atoms with E-state index in [4.69, 9.17) is 4.98 Å². The number of nitrogens with zero attached hydrogens (tertiary/aromatic N) is 2. The molecule has 1 heterocycles. The zero-order chi connectivity index (χ0) is 23.5. The lowest BCUT2D eigenvalue weighted by molar-refractivity contribution is -0.116. The summed E-state index contributed by atoms with van der Waals surface area (Å²) in [4.78, 5) is 30.6. The van der Waals surface area contributed by atoms with Gasteiger partial charge < -0.3 is 15.2 Å². The third kappa shape index (κ3) is 4.80. The SMILES string of the molecule is Cc1ccc(NC(=O)Cn2c(C(C)NC(=O)c3ccccc3C)nc3ccccc32)c(C)c1. The molecule has 0 fully saturated rings. The summed E-state index contributed by atoms with van der Waals surface area (Å²) < 4.78 is 1.87. The van der Waals surface area contributed by atoms with Crippen molar-refractivity contribution in [2.75, 3.05) is 5.32 Å². The van der Waals surface area contributed by atoms with Gasteiger partial charge in [0.2, 0.25) is 5.91 Å². The monoisotopic (exact) mass is 440 g/mol. The van der Waals surface area contributed by atoms with E-state index in [1.54, 1.807) is 6.07 Å². The van der Waals surface area contributed by atoms with Gasteiger partial charge in [-0.2, -0.15) is 0 Å². The van der Waals surface area contributed by atoms with Crippen LogP contribution in [0.5, 0.6) is 0 Å². The van der Waals surface area contributed by atoms with Gasteiger partial charge >= 0.3 is 0 Å². The van der Waals surface area contributed by atoms with E-state index in [2.05, 4.69) is 10.6 Å². The number of amides is 2. The van der Waals surface area contributed by atoms with Crippen molar-refractivity contribution in [3.05, 3.63) is 94.8 Å². The normalized spacial score (nSPS) is 11.9. The Morgan fingerprint density at radius 2 is 1.67 bits per heavy atom. The molecule has 0 aliphatic rings. The molecule has 2 amide bonds. The largest absolute Gasteiger partial charge is 0.342 e. The predicted octanol–water partition coefficient (Wildman–Crippen LogP) is 5.09. The molecule has 168 valence electrons. The Hall–Kier alpha value is -3.93. The number of fused-ring (bicyclic) bond motifs is 1. The number of hydrogen-bond donors (Lipinski definition) is 2. The van der Waals surface area contributed by atoms with Crippen LogP contribution in [0.3, 0.4) is 0 Å². The highest BCUT2D eigenvalue weighted by Crippen LogP contribution is 2.22. The van der Waals surface area contributed by atoms with Gasteiger partial charge in [-0.05, 0) is 63.1 Å².